The van der Waals surface area contributed by atoms with Crippen LogP contribution >= 0.6 is 23.4 Å². The fourth-order valence-electron chi connectivity index (χ4n) is 2.54. The molecule has 1 unspecified atom stereocenters. The number of likely N-dealkylation sites (N-methyl/N-ethyl adjacent to an activating group) is 1. The number of aromatic nitrogens is 2. The quantitative estimate of drug-likeness (QED) is 0.671. The number of nitrogens with zero attached hydrogens (tertiary/aromatic N) is 3. The molecule has 1 aromatic heterocycles. The number of nitrogen functional groups attached to an aromatic ring is 1. The van der Waals surface area contributed by atoms with E-state index in [2.05, 4.69) is 15.3 Å². The fraction of sp³-hybridized carbons (Fsp3) is 0.294. The van der Waals surface area contributed by atoms with Crippen LogP contribution in [0.1, 0.15) is 5.56 Å². The molecule has 0 radical (unpaired) electrons. The van der Waals surface area contributed by atoms with Gasteiger partial charge in [0.2, 0.25) is 5.91 Å². The highest BCUT2D eigenvalue weighted by Gasteiger charge is 2.31. The van der Waals surface area contributed by atoms with Crippen LogP contribution in [-0.2, 0) is 11.2 Å². The van der Waals surface area contributed by atoms with E-state index in [0.717, 1.165) is 17.3 Å². The SMILES string of the molecule is CN(CCOc1ccc(CC2SC(=O)NC2=O)cc1)c1ncnc(Cl)c1N. The van der Waals surface area contributed by atoms with E-state index in [0.29, 0.717) is 36.8 Å². The molecule has 0 bridgehead atoms. The van der Waals surface area contributed by atoms with Crippen LogP contribution < -0.4 is 20.7 Å². The summed E-state index contributed by atoms with van der Waals surface area (Å²) >= 11 is 6.92. The van der Waals surface area contributed by atoms with E-state index < -0.39 is 0 Å². The number of benzene rings is 1. The van der Waals surface area contributed by atoms with Crippen molar-refractivity contribution in [1.82, 2.24) is 15.3 Å². The van der Waals surface area contributed by atoms with Gasteiger partial charge < -0.3 is 15.4 Å². The topological polar surface area (TPSA) is 110 Å². The van der Waals surface area contributed by atoms with Crippen LogP contribution in [0.5, 0.6) is 5.75 Å². The smallest absolute Gasteiger partial charge is 0.286 e. The molecule has 3 rings (SSSR count). The summed E-state index contributed by atoms with van der Waals surface area (Å²) in [6, 6.07) is 7.45. The third-order valence-electron chi connectivity index (χ3n) is 3.98. The number of carbonyl (C=O) groups is 2. The maximum atomic E-state index is 11.6. The first-order valence-electron chi connectivity index (χ1n) is 8.14. The summed E-state index contributed by atoms with van der Waals surface area (Å²) in [5.74, 6) is 1.02. The van der Waals surface area contributed by atoms with Crippen molar-refractivity contribution < 1.29 is 14.3 Å². The minimum Gasteiger partial charge on any atom is -0.492 e. The largest absolute Gasteiger partial charge is 0.492 e. The number of ether oxygens (including phenoxy) is 1. The Balaban J connectivity index is 1.49. The molecule has 2 heterocycles. The Morgan fingerprint density at radius 1 is 1.30 bits per heavy atom. The molecule has 1 aliphatic heterocycles. The molecule has 2 amide bonds. The number of hydrogen-bond donors (Lipinski definition) is 2. The second kappa shape index (κ2) is 8.45. The number of anilines is 2. The standard InChI is InChI=1S/C17H18ClN5O3S/c1-23(15-13(19)14(18)20-9-21-15)6-7-26-11-4-2-10(3-5-11)8-12-16(24)22-17(25)27-12/h2-5,9,12H,6-8,19H2,1H3,(H,22,24,25). The Morgan fingerprint density at radius 3 is 2.70 bits per heavy atom. The first-order chi connectivity index (χ1) is 12.9. The Bertz CT molecular complexity index is 849. The van der Waals surface area contributed by atoms with Crippen LogP contribution in [0.25, 0.3) is 0 Å². The van der Waals surface area contributed by atoms with Crippen molar-refractivity contribution >= 4 is 46.0 Å². The lowest BCUT2D eigenvalue weighted by Gasteiger charge is -2.20. The molecule has 8 nitrogen and oxygen atoms in total. The Morgan fingerprint density at radius 2 is 2.04 bits per heavy atom. The van der Waals surface area contributed by atoms with E-state index in [1.54, 1.807) is 0 Å². The second-order valence-electron chi connectivity index (χ2n) is 5.90. The number of nitrogens with two attached hydrogens (primary N) is 1. The summed E-state index contributed by atoms with van der Waals surface area (Å²) in [4.78, 5) is 32.6. The summed E-state index contributed by atoms with van der Waals surface area (Å²) in [7, 11) is 1.84. The molecule has 27 heavy (non-hydrogen) atoms. The van der Waals surface area contributed by atoms with Gasteiger partial charge in [-0.25, -0.2) is 9.97 Å². The van der Waals surface area contributed by atoms with Crippen LogP contribution in [0.15, 0.2) is 30.6 Å². The van der Waals surface area contributed by atoms with Crippen molar-refractivity contribution in [2.24, 2.45) is 0 Å². The minimum absolute atomic E-state index is 0.221. The van der Waals surface area contributed by atoms with Crippen molar-refractivity contribution in [3.8, 4) is 5.75 Å². The lowest BCUT2D eigenvalue weighted by Crippen LogP contribution is -2.26. The van der Waals surface area contributed by atoms with Gasteiger partial charge in [-0.1, -0.05) is 35.5 Å². The summed E-state index contributed by atoms with van der Waals surface area (Å²) in [6.45, 7) is 0.979. The third kappa shape index (κ3) is 4.81. The predicted octanol–water partition coefficient (Wildman–Crippen LogP) is 2.12. The van der Waals surface area contributed by atoms with Crippen LogP contribution in [0, 0.1) is 0 Å². The number of amides is 2. The van der Waals surface area contributed by atoms with E-state index in [1.807, 2.05) is 36.2 Å². The van der Waals surface area contributed by atoms with Crippen LogP contribution in [0.3, 0.4) is 0 Å². The molecule has 0 saturated carbocycles. The van der Waals surface area contributed by atoms with Gasteiger partial charge in [0.05, 0.1) is 11.8 Å². The summed E-state index contributed by atoms with van der Waals surface area (Å²) < 4.78 is 5.73. The molecule has 2 aromatic rings. The third-order valence-corrected chi connectivity index (χ3v) is 5.27. The van der Waals surface area contributed by atoms with Crippen LogP contribution in [-0.4, -0.2) is 46.6 Å². The lowest BCUT2D eigenvalue weighted by molar-refractivity contribution is -0.118. The van der Waals surface area contributed by atoms with Gasteiger partial charge in [-0.05, 0) is 24.1 Å². The van der Waals surface area contributed by atoms with E-state index in [1.165, 1.54) is 6.33 Å². The first-order valence-corrected chi connectivity index (χ1v) is 9.40. The summed E-state index contributed by atoms with van der Waals surface area (Å²) in [6.07, 6.45) is 1.86. The number of hydrogen-bond acceptors (Lipinski definition) is 8. The van der Waals surface area contributed by atoms with E-state index >= 15 is 0 Å². The van der Waals surface area contributed by atoms with Crippen molar-refractivity contribution in [3.63, 3.8) is 0 Å². The maximum absolute atomic E-state index is 11.6. The van der Waals surface area contributed by atoms with Gasteiger partial charge >= 0.3 is 0 Å². The molecule has 1 fully saturated rings. The van der Waals surface area contributed by atoms with Crippen molar-refractivity contribution in [2.75, 3.05) is 30.8 Å². The molecular formula is C17H18ClN5O3S. The van der Waals surface area contributed by atoms with Crippen molar-refractivity contribution in [1.29, 1.82) is 0 Å². The molecule has 1 aliphatic rings. The molecule has 1 saturated heterocycles. The van der Waals surface area contributed by atoms with E-state index in [-0.39, 0.29) is 21.5 Å². The maximum Gasteiger partial charge on any atom is 0.286 e. The molecule has 1 aromatic carbocycles. The highest BCUT2D eigenvalue weighted by molar-refractivity contribution is 8.15. The van der Waals surface area contributed by atoms with E-state index in [9.17, 15) is 9.59 Å². The van der Waals surface area contributed by atoms with Crippen molar-refractivity contribution in [3.05, 3.63) is 41.3 Å². The number of rotatable bonds is 7. The van der Waals surface area contributed by atoms with Gasteiger partial charge in [0.25, 0.3) is 5.24 Å². The Hall–Kier alpha value is -2.52. The zero-order valence-electron chi connectivity index (χ0n) is 14.5. The van der Waals surface area contributed by atoms with Gasteiger partial charge in [0, 0.05) is 7.05 Å². The zero-order valence-corrected chi connectivity index (χ0v) is 16.1. The number of nitrogens with one attached hydrogen (secondary N) is 1. The average molecular weight is 408 g/mol. The highest BCUT2D eigenvalue weighted by atomic mass is 35.5. The highest BCUT2D eigenvalue weighted by Crippen LogP contribution is 2.25. The number of imide groups is 1. The monoisotopic (exact) mass is 407 g/mol. The fourth-order valence-corrected chi connectivity index (χ4v) is 3.53. The van der Waals surface area contributed by atoms with E-state index in [4.69, 9.17) is 22.1 Å². The number of thioether (sulfide) groups is 1. The van der Waals surface area contributed by atoms with Gasteiger partial charge in [0.1, 0.15) is 24.4 Å². The summed E-state index contributed by atoms with van der Waals surface area (Å²) in [5.41, 5.74) is 7.17. The Kier molecular flexibility index (Phi) is 6.02. The first kappa shape index (κ1) is 19.2. The molecule has 3 N–H and O–H groups in total. The van der Waals surface area contributed by atoms with Crippen LogP contribution in [0.4, 0.5) is 16.3 Å². The van der Waals surface area contributed by atoms with Gasteiger partial charge in [0.15, 0.2) is 11.0 Å². The van der Waals surface area contributed by atoms with Crippen LogP contribution in [0.2, 0.25) is 5.15 Å². The normalized spacial score (nSPS) is 16.3. The van der Waals surface area contributed by atoms with Gasteiger partial charge in [-0.3, -0.25) is 14.9 Å². The number of halogens is 1. The number of carbonyl (C=O) groups excluding carboxylic acids is 2. The average Bonchev–Trinajstić information content (AvgIpc) is 2.96. The molecule has 142 valence electrons. The Labute approximate surface area is 165 Å². The lowest BCUT2D eigenvalue weighted by atomic mass is 10.1. The zero-order chi connectivity index (χ0) is 19.4. The molecule has 0 spiro atoms. The predicted molar refractivity (Wildman–Crippen MR) is 105 cm³/mol. The van der Waals surface area contributed by atoms with Gasteiger partial charge in [-0.15, -0.1) is 0 Å². The van der Waals surface area contributed by atoms with Gasteiger partial charge in [-0.2, -0.15) is 0 Å². The molecular weight excluding hydrogens is 390 g/mol. The summed E-state index contributed by atoms with van der Waals surface area (Å²) in [5, 5.41) is 1.84. The molecule has 10 heteroatoms. The second-order valence-corrected chi connectivity index (χ2v) is 7.44. The molecule has 0 aliphatic carbocycles. The molecule has 1 atom stereocenters. The van der Waals surface area contributed by atoms with Crippen molar-refractivity contribution in [2.45, 2.75) is 11.7 Å². The minimum atomic E-state index is -0.372.